The Morgan fingerprint density at radius 2 is 2.05 bits per heavy atom. The zero-order valence-electron chi connectivity index (χ0n) is 11.3. The van der Waals surface area contributed by atoms with E-state index in [1.165, 1.54) is 12.8 Å². The van der Waals surface area contributed by atoms with E-state index in [9.17, 15) is 0 Å². The first-order valence-corrected chi connectivity index (χ1v) is 7.29. The summed E-state index contributed by atoms with van der Waals surface area (Å²) in [4.78, 5) is 11.2. The summed E-state index contributed by atoms with van der Waals surface area (Å²) < 4.78 is 0. The van der Waals surface area contributed by atoms with Crippen LogP contribution in [0.4, 0.5) is 5.82 Å². The van der Waals surface area contributed by atoms with Crippen molar-refractivity contribution in [1.82, 2.24) is 9.97 Å². The van der Waals surface area contributed by atoms with E-state index in [-0.39, 0.29) is 0 Å². The highest BCUT2D eigenvalue weighted by Gasteiger charge is 2.31. The highest BCUT2D eigenvalue weighted by atomic mass is 35.5. The van der Waals surface area contributed by atoms with Crippen LogP contribution in [0.2, 0.25) is 5.28 Å². The molecule has 1 fully saturated rings. The second-order valence-electron chi connectivity index (χ2n) is 5.23. The zero-order valence-corrected chi connectivity index (χ0v) is 12.1. The van der Waals surface area contributed by atoms with E-state index in [4.69, 9.17) is 11.6 Å². The Morgan fingerprint density at radius 3 is 2.84 bits per heavy atom. The lowest BCUT2D eigenvalue weighted by Gasteiger charge is -2.30. The normalized spacial score (nSPS) is 23.2. The second-order valence-corrected chi connectivity index (χ2v) is 5.57. The van der Waals surface area contributed by atoms with Gasteiger partial charge < -0.3 is 4.90 Å². The van der Waals surface area contributed by atoms with Crippen LogP contribution < -0.4 is 4.90 Å². The average Bonchev–Trinajstić information content (AvgIpc) is 2.78. The standard InChI is InChI=1S/C15H18ClN3/c1-3-11-9-8-10(2)19(11)14-12-6-4-5-7-13(12)17-15(16)18-14/h4-7,10-11H,3,8-9H2,1-2H3. The van der Waals surface area contributed by atoms with Gasteiger partial charge in [0.05, 0.1) is 5.52 Å². The molecule has 2 heterocycles. The molecule has 3 rings (SSSR count). The van der Waals surface area contributed by atoms with Crippen molar-refractivity contribution < 1.29 is 0 Å². The fraction of sp³-hybridized carbons (Fsp3) is 0.467. The lowest BCUT2D eigenvalue weighted by Crippen LogP contribution is -2.35. The van der Waals surface area contributed by atoms with E-state index < -0.39 is 0 Å². The van der Waals surface area contributed by atoms with Crippen LogP contribution in [0.1, 0.15) is 33.1 Å². The first-order chi connectivity index (χ1) is 9.20. The van der Waals surface area contributed by atoms with Crippen molar-refractivity contribution in [3.63, 3.8) is 0 Å². The molecular weight excluding hydrogens is 258 g/mol. The minimum absolute atomic E-state index is 0.336. The Bertz CT molecular complexity index is 599. The maximum Gasteiger partial charge on any atom is 0.224 e. The molecule has 3 nitrogen and oxygen atoms in total. The van der Waals surface area contributed by atoms with Gasteiger partial charge in [-0.2, -0.15) is 4.98 Å². The number of aromatic nitrogens is 2. The molecule has 1 aliphatic heterocycles. The van der Waals surface area contributed by atoms with E-state index in [1.54, 1.807) is 0 Å². The Hall–Kier alpha value is -1.35. The van der Waals surface area contributed by atoms with Crippen LogP contribution in [0.3, 0.4) is 0 Å². The number of anilines is 1. The Balaban J connectivity index is 2.18. The van der Waals surface area contributed by atoms with Gasteiger partial charge in [0.1, 0.15) is 5.82 Å². The molecule has 2 atom stereocenters. The second kappa shape index (κ2) is 4.97. The van der Waals surface area contributed by atoms with Crippen molar-refractivity contribution >= 4 is 28.3 Å². The van der Waals surface area contributed by atoms with E-state index in [2.05, 4.69) is 34.8 Å². The minimum Gasteiger partial charge on any atom is -0.350 e. The van der Waals surface area contributed by atoms with Crippen LogP contribution in [0.25, 0.3) is 10.9 Å². The van der Waals surface area contributed by atoms with Crippen LogP contribution in [0.15, 0.2) is 24.3 Å². The van der Waals surface area contributed by atoms with Gasteiger partial charge in [-0.3, -0.25) is 0 Å². The number of rotatable bonds is 2. The van der Waals surface area contributed by atoms with E-state index in [0.717, 1.165) is 23.1 Å². The Kier molecular flexibility index (Phi) is 3.31. The van der Waals surface area contributed by atoms with E-state index in [0.29, 0.717) is 17.4 Å². The summed E-state index contributed by atoms with van der Waals surface area (Å²) in [6.07, 6.45) is 3.59. The van der Waals surface area contributed by atoms with E-state index in [1.807, 2.05) is 18.2 Å². The van der Waals surface area contributed by atoms with Crippen LogP contribution in [0.5, 0.6) is 0 Å². The topological polar surface area (TPSA) is 29.0 Å². The summed E-state index contributed by atoms with van der Waals surface area (Å²) in [6.45, 7) is 4.50. The van der Waals surface area contributed by atoms with Crippen molar-refractivity contribution in [2.24, 2.45) is 0 Å². The Morgan fingerprint density at radius 1 is 1.26 bits per heavy atom. The molecule has 2 aromatic rings. The lowest BCUT2D eigenvalue weighted by atomic mass is 10.1. The van der Waals surface area contributed by atoms with Gasteiger partial charge in [0.2, 0.25) is 5.28 Å². The summed E-state index contributed by atoms with van der Waals surface area (Å²) in [5, 5.41) is 1.43. The molecule has 1 aromatic heterocycles. The van der Waals surface area contributed by atoms with E-state index >= 15 is 0 Å². The summed E-state index contributed by atoms with van der Waals surface area (Å²) in [5.41, 5.74) is 0.923. The number of para-hydroxylation sites is 1. The van der Waals surface area contributed by atoms with Crippen molar-refractivity contribution in [3.05, 3.63) is 29.5 Å². The third-order valence-electron chi connectivity index (χ3n) is 4.06. The first-order valence-electron chi connectivity index (χ1n) is 6.91. The van der Waals surface area contributed by atoms with Gasteiger partial charge in [0.15, 0.2) is 0 Å². The molecule has 0 bridgehead atoms. The maximum atomic E-state index is 6.09. The summed E-state index contributed by atoms with van der Waals surface area (Å²) >= 11 is 6.09. The van der Waals surface area contributed by atoms with Gasteiger partial charge in [-0.1, -0.05) is 19.1 Å². The molecule has 100 valence electrons. The number of nitrogens with zero attached hydrogens (tertiary/aromatic N) is 3. The average molecular weight is 276 g/mol. The number of benzene rings is 1. The molecule has 4 heteroatoms. The van der Waals surface area contributed by atoms with Crippen LogP contribution in [0, 0.1) is 0 Å². The van der Waals surface area contributed by atoms with Crippen LogP contribution >= 0.6 is 11.6 Å². The summed E-state index contributed by atoms with van der Waals surface area (Å²) in [7, 11) is 0. The first kappa shape index (κ1) is 12.7. The smallest absolute Gasteiger partial charge is 0.224 e. The predicted molar refractivity (Wildman–Crippen MR) is 79.8 cm³/mol. The third kappa shape index (κ3) is 2.16. The zero-order chi connectivity index (χ0) is 13.4. The number of hydrogen-bond acceptors (Lipinski definition) is 3. The van der Waals surface area contributed by atoms with Gasteiger partial charge in [0, 0.05) is 17.5 Å². The molecule has 0 N–H and O–H groups in total. The van der Waals surface area contributed by atoms with Gasteiger partial charge in [-0.25, -0.2) is 4.98 Å². The summed E-state index contributed by atoms with van der Waals surface area (Å²) in [6, 6.07) is 9.17. The molecule has 0 saturated carbocycles. The maximum absolute atomic E-state index is 6.09. The molecular formula is C15H18ClN3. The van der Waals surface area contributed by atoms with Crippen molar-refractivity contribution in [2.45, 2.75) is 45.2 Å². The predicted octanol–water partition coefficient (Wildman–Crippen LogP) is 4.05. The molecule has 2 unspecified atom stereocenters. The van der Waals surface area contributed by atoms with Gasteiger partial charge in [-0.15, -0.1) is 0 Å². The third-order valence-corrected chi connectivity index (χ3v) is 4.23. The van der Waals surface area contributed by atoms with Crippen molar-refractivity contribution in [3.8, 4) is 0 Å². The fourth-order valence-electron chi connectivity index (χ4n) is 3.08. The Labute approximate surface area is 118 Å². The molecule has 0 aliphatic carbocycles. The molecule has 19 heavy (non-hydrogen) atoms. The molecule has 1 saturated heterocycles. The number of fused-ring (bicyclic) bond motifs is 1. The molecule has 1 aliphatic rings. The lowest BCUT2D eigenvalue weighted by molar-refractivity contribution is 0.623. The summed E-state index contributed by atoms with van der Waals surface area (Å²) in [5.74, 6) is 0.993. The number of halogens is 1. The molecule has 0 spiro atoms. The van der Waals surface area contributed by atoms with Crippen LogP contribution in [-0.4, -0.2) is 22.1 Å². The van der Waals surface area contributed by atoms with Crippen molar-refractivity contribution in [1.29, 1.82) is 0 Å². The highest BCUT2D eigenvalue weighted by Crippen LogP contribution is 2.35. The molecule has 1 aromatic carbocycles. The van der Waals surface area contributed by atoms with Gasteiger partial charge >= 0.3 is 0 Å². The monoisotopic (exact) mass is 275 g/mol. The highest BCUT2D eigenvalue weighted by molar-refractivity contribution is 6.28. The quantitative estimate of drug-likeness (QED) is 0.774. The SMILES string of the molecule is CCC1CCC(C)N1c1nc(Cl)nc2ccccc12. The van der Waals surface area contributed by atoms with Gasteiger partial charge in [0.25, 0.3) is 0 Å². The van der Waals surface area contributed by atoms with Crippen molar-refractivity contribution in [2.75, 3.05) is 4.90 Å². The molecule has 0 radical (unpaired) electrons. The minimum atomic E-state index is 0.336. The molecule has 0 amide bonds. The largest absolute Gasteiger partial charge is 0.350 e. The van der Waals surface area contributed by atoms with Gasteiger partial charge in [-0.05, 0) is 49.9 Å². The number of hydrogen-bond donors (Lipinski definition) is 0. The fourth-order valence-corrected chi connectivity index (χ4v) is 3.25. The van der Waals surface area contributed by atoms with Crippen LogP contribution in [-0.2, 0) is 0 Å².